The number of benzene rings is 2. The number of carbonyl (C=O) groups excluding carboxylic acids is 2. The molecule has 2 aromatic carbocycles. The highest BCUT2D eigenvalue weighted by molar-refractivity contribution is 6.23. The zero-order valence-electron chi connectivity index (χ0n) is 17.6. The highest BCUT2D eigenvalue weighted by Gasteiger charge is 2.59. The van der Waals surface area contributed by atoms with Gasteiger partial charge in [-0.15, -0.1) is 0 Å². The van der Waals surface area contributed by atoms with Gasteiger partial charge in [0.15, 0.2) is 0 Å². The van der Waals surface area contributed by atoms with Gasteiger partial charge in [0.1, 0.15) is 11.4 Å². The number of nitrogens with zero attached hydrogens (tertiary/aromatic N) is 2. The third-order valence-electron chi connectivity index (χ3n) is 6.77. The molecule has 1 aliphatic heterocycles. The minimum Gasteiger partial charge on any atom is -0.497 e. The number of carbonyl (C=O) groups is 2. The Kier molecular flexibility index (Phi) is 4.92. The van der Waals surface area contributed by atoms with E-state index in [0.29, 0.717) is 18.7 Å². The predicted molar refractivity (Wildman–Crippen MR) is 118 cm³/mol. The SMILES string of the molecule is COc1cccc(CCNc2ccc(N3C(=O)[C@@H]4[C@@H](C3=O)[C@H]3C=C[C@H]4C3)cc2[N+](=O)[O-])c1. The van der Waals surface area contributed by atoms with Gasteiger partial charge in [0.05, 0.1) is 29.6 Å². The molecule has 2 bridgehead atoms. The first-order valence-electron chi connectivity index (χ1n) is 10.7. The molecule has 1 N–H and O–H groups in total. The third-order valence-corrected chi connectivity index (χ3v) is 6.77. The van der Waals surface area contributed by atoms with Crippen molar-refractivity contribution in [3.05, 3.63) is 70.3 Å². The number of allylic oxidation sites excluding steroid dienone is 2. The summed E-state index contributed by atoms with van der Waals surface area (Å²) in [7, 11) is 1.60. The quantitative estimate of drug-likeness (QED) is 0.310. The van der Waals surface area contributed by atoms with Gasteiger partial charge in [0.25, 0.3) is 5.69 Å². The molecule has 8 nitrogen and oxygen atoms in total. The van der Waals surface area contributed by atoms with E-state index in [-0.39, 0.29) is 46.9 Å². The molecule has 32 heavy (non-hydrogen) atoms. The number of nitro groups is 1. The highest BCUT2D eigenvalue weighted by Crippen LogP contribution is 2.53. The lowest BCUT2D eigenvalue weighted by atomic mass is 9.85. The molecule has 1 saturated heterocycles. The van der Waals surface area contributed by atoms with Gasteiger partial charge in [0, 0.05) is 12.6 Å². The maximum Gasteiger partial charge on any atom is 0.294 e. The minimum atomic E-state index is -0.492. The molecule has 3 aliphatic rings. The third kappa shape index (κ3) is 3.23. The van der Waals surface area contributed by atoms with Crippen LogP contribution < -0.4 is 15.0 Å². The molecule has 2 fully saturated rings. The van der Waals surface area contributed by atoms with E-state index in [2.05, 4.69) is 5.32 Å². The summed E-state index contributed by atoms with van der Waals surface area (Å²) in [4.78, 5) is 38.4. The Morgan fingerprint density at radius 1 is 1.09 bits per heavy atom. The van der Waals surface area contributed by atoms with Crippen LogP contribution in [-0.2, 0) is 16.0 Å². The van der Waals surface area contributed by atoms with Crippen molar-refractivity contribution in [3.8, 4) is 5.75 Å². The normalized spacial score (nSPS) is 25.3. The molecule has 8 heteroatoms. The Morgan fingerprint density at radius 3 is 2.47 bits per heavy atom. The molecular formula is C24H23N3O5. The fraction of sp³-hybridized carbons (Fsp3) is 0.333. The minimum absolute atomic E-state index is 0.0963. The van der Waals surface area contributed by atoms with Gasteiger partial charge in [-0.05, 0) is 54.5 Å². The Bertz CT molecular complexity index is 1110. The van der Waals surface area contributed by atoms with Gasteiger partial charge in [-0.3, -0.25) is 19.7 Å². The number of anilines is 2. The largest absolute Gasteiger partial charge is 0.497 e. The smallest absolute Gasteiger partial charge is 0.294 e. The summed E-state index contributed by atoms with van der Waals surface area (Å²) < 4.78 is 5.22. The lowest BCUT2D eigenvalue weighted by molar-refractivity contribution is -0.383. The van der Waals surface area contributed by atoms with Crippen molar-refractivity contribution in [2.45, 2.75) is 12.8 Å². The maximum atomic E-state index is 13.0. The van der Waals surface area contributed by atoms with Crippen LogP contribution in [0.1, 0.15) is 12.0 Å². The highest BCUT2D eigenvalue weighted by atomic mass is 16.6. The van der Waals surface area contributed by atoms with Gasteiger partial charge in [-0.1, -0.05) is 24.3 Å². The van der Waals surface area contributed by atoms with E-state index in [1.54, 1.807) is 19.2 Å². The maximum absolute atomic E-state index is 13.0. The van der Waals surface area contributed by atoms with Crippen LogP contribution in [0, 0.1) is 33.8 Å². The van der Waals surface area contributed by atoms with E-state index in [4.69, 9.17) is 4.74 Å². The predicted octanol–water partition coefficient (Wildman–Crippen LogP) is 3.57. The first kappa shape index (κ1) is 20.2. The fourth-order valence-corrected chi connectivity index (χ4v) is 5.29. The van der Waals surface area contributed by atoms with Crippen LogP contribution in [-0.4, -0.2) is 30.4 Å². The topological polar surface area (TPSA) is 102 Å². The van der Waals surface area contributed by atoms with Crippen molar-refractivity contribution >= 4 is 28.9 Å². The first-order valence-corrected chi connectivity index (χ1v) is 10.7. The zero-order chi connectivity index (χ0) is 22.4. The summed E-state index contributed by atoms with van der Waals surface area (Å²) in [6.45, 7) is 0.480. The summed E-state index contributed by atoms with van der Waals surface area (Å²) >= 11 is 0. The summed E-state index contributed by atoms with van der Waals surface area (Å²) in [5, 5.41) is 14.8. The molecule has 0 unspecified atom stereocenters. The average molecular weight is 433 g/mol. The van der Waals surface area contributed by atoms with Crippen LogP contribution in [0.15, 0.2) is 54.6 Å². The second-order valence-electron chi connectivity index (χ2n) is 8.50. The number of methoxy groups -OCH3 is 1. The van der Waals surface area contributed by atoms with Gasteiger partial charge < -0.3 is 10.1 Å². The van der Waals surface area contributed by atoms with Gasteiger partial charge >= 0.3 is 0 Å². The summed E-state index contributed by atoms with van der Waals surface area (Å²) in [5.74, 6) is -0.214. The summed E-state index contributed by atoms with van der Waals surface area (Å²) in [5.41, 5.74) is 1.49. The molecule has 164 valence electrons. The molecule has 5 rings (SSSR count). The summed E-state index contributed by atoms with van der Waals surface area (Å²) in [6.07, 6.45) is 5.55. The molecule has 0 aromatic heterocycles. The van der Waals surface area contributed by atoms with Crippen LogP contribution in [0.4, 0.5) is 17.1 Å². The van der Waals surface area contributed by atoms with E-state index < -0.39 is 4.92 Å². The number of imide groups is 1. The zero-order valence-corrected chi connectivity index (χ0v) is 17.6. The van der Waals surface area contributed by atoms with E-state index in [1.165, 1.54) is 6.07 Å². The van der Waals surface area contributed by atoms with E-state index in [0.717, 1.165) is 22.6 Å². The number of rotatable bonds is 7. The molecule has 0 spiro atoms. The lowest BCUT2D eigenvalue weighted by Gasteiger charge is -2.18. The Labute approximate surface area is 185 Å². The number of hydrogen-bond donors (Lipinski definition) is 1. The van der Waals surface area contributed by atoms with Crippen molar-refractivity contribution in [1.29, 1.82) is 0 Å². The van der Waals surface area contributed by atoms with Gasteiger partial charge in [-0.2, -0.15) is 0 Å². The van der Waals surface area contributed by atoms with Gasteiger partial charge in [0.2, 0.25) is 11.8 Å². The van der Waals surface area contributed by atoms with E-state index in [1.807, 2.05) is 36.4 Å². The van der Waals surface area contributed by atoms with E-state index in [9.17, 15) is 19.7 Å². The number of amides is 2. The molecule has 2 aromatic rings. The van der Waals surface area contributed by atoms with Crippen LogP contribution in [0.2, 0.25) is 0 Å². The van der Waals surface area contributed by atoms with Crippen LogP contribution in [0.25, 0.3) is 0 Å². The molecule has 1 heterocycles. The number of fused-ring (bicyclic) bond motifs is 5. The number of nitro benzene ring substituents is 1. The van der Waals surface area contributed by atoms with Crippen LogP contribution >= 0.6 is 0 Å². The van der Waals surface area contributed by atoms with Crippen molar-refractivity contribution < 1.29 is 19.2 Å². The molecule has 2 aliphatic carbocycles. The Hall–Kier alpha value is -3.68. The summed E-state index contributed by atoms with van der Waals surface area (Å²) in [6, 6.07) is 12.1. The fourth-order valence-electron chi connectivity index (χ4n) is 5.29. The number of ether oxygens (including phenoxy) is 1. The van der Waals surface area contributed by atoms with Crippen LogP contribution in [0.3, 0.4) is 0 Å². The van der Waals surface area contributed by atoms with Crippen molar-refractivity contribution in [3.63, 3.8) is 0 Å². The molecule has 1 saturated carbocycles. The molecule has 4 atom stereocenters. The van der Waals surface area contributed by atoms with Gasteiger partial charge in [-0.25, -0.2) is 4.90 Å². The lowest BCUT2D eigenvalue weighted by Crippen LogP contribution is -2.32. The molecular weight excluding hydrogens is 410 g/mol. The second kappa shape index (κ2) is 7.78. The van der Waals surface area contributed by atoms with Crippen LogP contribution in [0.5, 0.6) is 5.75 Å². The monoisotopic (exact) mass is 433 g/mol. The number of hydrogen-bond acceptors (Lipinski definition) is 6. The average Bonchev–Trinajstić information content (AvgIpc) is 3.48. The first-order chi connectivity index (χ1) is 15.5. The molecule has 0 radical (unpaired) electrons. The van der Waals surface area contributed by atoms with Crippen molar-refractivity contribution in [1.82, 2.24) is 0 Å². The Morgan fingerprint density at radius 2 is 1.81 bits per heavy atom. The Balaban J connectivity index is 1.34. The van der Waals surface area contributed by atoms with Crippen molar-refractivity contribution in [2.75, 3.05) is 23.9 Å². The second-order valence-corrected chi connectivity index (χ2v) is 8.50. The molecule has 2 amide bonds. The van der Waals surface area contributed by atoms with E-state index >= 15 is 0 Å². The van der Waals surface area contributed by atoms with Crippen molar-refractivity contribution in [2.24, 2.45) is 23.7 Å². The number of nitrogens with one attached hydrogen (secondary N) is 1. The standard InChI is InChI=1S/C24H23N3O5/c1-32-18-4-2-3-14(11-18)9-10-25-19-8-7-17(13-20(19)27(30)31)26-23(28)21-15-5-6-16(12-15)22(21)24(26)29/h2-8,11,13,15-16,21-22,25H,9-10,12H2,1H3/t15-,16-,21-,22-/m0/s1.